The monoisotopic (exact) mass is 330 g/mol. The van der Waals surface area contributed by atoms with Crippen LogP contribution in [-0.4, -0.2) is 12.1 Å². The van der Waals surface area contributed by atoms with Gasteiger partial charge in [-0.25, -0.2) is 4.98 Å². The second kappa shape index (κ2) is 7.54. The number of methoxy groups -OCH3 is 1. The lowest BCUT2D eigenvalue weighted by molar-refractivity contribution is 0.405. The standard InChI is InChI=1S/C17H18N2OS2/c1-20-16-5-3-2-4-14(16)11-19-15(17-18-7-9-22-17)10-13-6-8-21-12-13/h2-9,12,15,19H,10-11H2,1H3/t15-/m1/s1. The van der Waals surface area contributed by atoms with Crippen LogP contribution in [0, 0.1) is 0 Å². The molecule has 22 heavy (non-hydrogen) atoms. The first-order valence-electron chi connectivity index (χ1n) is 7.12. The summed E-state index contributed by atoms with van der Waals surface area (Å²) in [6, 6.07) is 10.5. The zero-order chi connectivity index (χ0) is 15.2. The largest absolute Gasteiger partial charge is 0.496 e. The van der Waals surface area contributed by atoms with E-state index in [1.54, 1.807) is 29.8 Å². The van der Waals surface area contributed by atoms with Gasteiger partial charge in [0.2, 0.25) is 0 Å². The van der Waals surface area contributed by atoms with E-state index in [4.69, 9.17) is 4.74 Å². The number of thiophene rings is 1. The highest BCUT2D eigenvalue weighted by molar-refractivity contribution is 7.09. The van der Waals surface area contributed by atoms with Gasteiger partial charge in [-0.3, -0.25) is 0 Å². The van der Waals surface area contributed by atoms with Crippen LogP contribution in [-0.2, 0) is 13.0 Å². The normalized spacial score (nSPS) is 12.2. The molecule has 0 aliphatic carbocycles. The van der Waals surface area contributed by atoms with E-state index in [1.807, 2.05) is 29.8 Å². The number of thiazole rings is 1. The third kappa shape index (κ3) is 3.74. The fourth-order valence-corrected chi connectivity index (χ4v) is 3.78. The Morgan fingerprint density at radius 1 is 1.23 bits per heavy atom. The summed E-state index contributed by atoms with van der Waals surface area (Å²) in [6.07, 6.45) is 2.82. The fraction of sp³-hybridized carbons (Fsp3) is 0.235. The van der Waals surface area contributed by atoms with Crippen molar-refractivity contribution in [3.05, 3.63) is 68.8 Å². The predicted molar refractivity (Wildman–Crippen MR) is 92.7 cm³/mol. The molecular formula is C17H18N2OS2. The maximum absolute atomic E-state index is 5.42. The van der Waals surface area contributed by atoms with Crippen LogP contribution in [0.2, 0.25) is 0 Å². The molecule has 0 bridgehead atoms. The van der Waals surface area contributed by atoms with E-state index in [1.165, 1.54) is 5.56 Å². The Hall–Kier alpha value is -1.69. The van der Waals surface area contributed by atoms with Crippen molar-refractivity contribution in [2.45, 2.75) is 19.0 Å². The summed E-state index contributed by atoms with van der Waals surface area (Å²) in [4.78, 5) is 4.48. The number of benzene rings is 1. The maximum Gasteiger partial charge on any atom is 0.123 e. The number of hydrogen-bond acceptors (Lipinski definition) is 5. The molecule has 2 heterocycles. The van der Waals surface area contributed by atoms with Gasteiger partial charge in [-0.2, -0.15) is 11.3 Å². The van der Waals surface area contributed by atoms with Crippen molar-refractivity contribution in [3.8, 4) is 5.75 Å². The van der Waals surface area contributed by atoms with Gasteiger partial charge in [0, 0.05) is 23.7 Å². The zero-order valence-electron chi connectivity index (χ0n) is 12.4. The summed E-state index contributed by atoms with van der Waals surface area (Å²) >= 11 is 3.43. The van der Waals surface area contributed by atoms with Gasteiger partial charge in [0.15, 0.2) is 0 Å². The molecule has 0 saturated heterocycles. The van der Waals surface area contributed by atoms with Gasteiger partial charge in [-0.1, -0.05) is 18.2 Å². The van der Waals surface area contributed by atoms with Crippen LogP contribution in [0.15, 0.2) is 52.7 Å². The van der Waals surface area contributed by atoms with Gasteiger partial charge in [0.1, 0.15) is 10.8 Å². The van der Waals surface area contributed by atoms with Crippen molar-refractivity contribution in [1.82, 2.24) is 10.3 Å². The Labute approximate surface area is 138 Å². The first kappa shape index (κ1) is 15.2. The van der Waals surface area contributed by atoms with Crippen molar-refractivity contribution in [3.63, 3.8) is 0 Å². The first-order chi connectivity index (χ1) is 10.9. The van der Waals surface area contributed by atoms with E-state index in [9.17, 15) is 0 Å². The maximum atomic E-state index is 5.42. The summed E-state index contributed by atoms with van der Waals surface area (Å²) in [5, 5.41) is 11.1. The Morgan fingerprint density at radius 2 is 2.14 bits per heavy atom. The Kier molecular flexibility index (Phi) is 5.21. The molecule has 114 valence electrons. The van der Waals surface area contributed by atoms with Crippen molar-refractivity contribution >= 4 is 22.7 Å². The lowest BCUT2D eigenvalue weighted by atomic mass is 10.1. The molecule has 1 N–H and O–H groups in total. The molecule has 3 rings (SSSR count). The van der Waals surface area contributed by atoms with Gasteiger partial charge < -0.3 is 10.1 Å². The molecule has 5 heteroatoms. The highest BCUT2D eigenvalue weighted by atomic mass is 32.1. The van der Waals surface area contributed by atoms with Crippen LogP contribution in [0.3, 0.4) is 0 Å². The Bertz CT molecular complexity index is 681. The SMILES string of the molecule is COc1ccccc1CN[C@H](Cc1ccsc1)c1nccs1. The molecule has 0 spiro atoms. The van der Waals surface area contributed by atoms with E-state index in [0.29, 0.717) is 0 Å². The minimum absolute atomic E-state index is 0.222. The van der Waals surface area contributed by atoms with Gasteiger partial charge in [0.05, 0.1) is 13.2 Å². The number of para-hydroxylation sites is 1. The summed E-state index contributed by atoms with van der Waals surface area (Å²) in [5.74, 6) is 0.920. The van der Waals surface area contributed by atoms with Crippen LogP contribution < -0.4 is 10.1 Å². The third-order valence-electron chi connectivity index (χ3n) is 3.50. The molecule has 3 nitrogen and oxygen atoms in total. The predicted octanol–water partition coefficient (Wildman–Crippen LogP) is 4.29. The van der Waals surface area contributed by atoms with Crippen molar-refractivity contribution in [1.29, 1.82) is 0 Å². The molecule has 0 fully saturated rings. The third-order valence-corrected chi connectivity index (χ3v) is 5.12. The summed E-state index contributed by atoms with van der Waals surface area (Å²) < 4.78 is 5.42. The second-order valence-electron chi connectivity index (χ2n) is 4.95. The summed E-state index contributed by atoms with van der Waals surface area (Å²) in [5.41, 5.74) is 2.51. The molecule has 2 aromatic heterocycles. The molecule has 0 amide bonds. The molecule has 3 aromatic rings. The van der Waals surface area contributed by atoms with Gasteiger partial charge in [-0.05, 0) is 34.9 Å². The van der Waals surface area contributed by atoms with Crippen LogP contribution in [0.25, 0.3) is 0 Å². The van der Waals surface area contributed by atoms with E-state index >= 15 is 0 Å². The smallest absolute Gasteiger partial charge is 0.123 e. The van der Waals surface area contributed by atoms with Gasteiger partial charge >= 0.3 is 0 Å². The second-order valence-corrected chi connectivity index (χ2v) is 6.66. The molecule has 0 aliphatic rings. The first-order valence-corrected chi connectivity index (χ1v) is 8.95. The molecule has 0 aliphatic heterocycles. The molecule has 0 unspecified atom stereocenters. The Morgan fingerprint density at radius 3 is 2.86 bits per heavy atom. The van der Waals surface area contributed by atoms with E-state index < -0.39 is 0 Å². The van der Waals surface area contributed by atoms with Gasteiger partial charge in [-0.15, -0.1) is 11.3 Å². The summed E-state index contributed by atoms with van der Waals surface area (Å²) in [7, 11) is 1.71. The summed E-state index contributed by atoms with van der Waals surface area (Å²) in [6.45, 7) is 0.762. The molecule has 1 aromatic carbocycles. The van der Waals surface area contributed by atoms with Crippen molar-refractivity contribution < 1.29 is 4.74 Å². The number of rotatable bonds is 7. The highest BCUT2D eigenvalue weighted by Gasteiger charge is 2.15. The van der Waals surface area contributed by atoms with Crippen LogP contribution in [0.4, 0.5) is 0 Å². The van der Waals surface area contributed by atoms with Gasteiger partial charge in [0.25, 0.3) is 0 Å². The van der Waals surface area contributed by atoms with Crippen molar-refractivity contribution in [2.75, 3.05) is 7.11 Å². The number of ether oxygens (including phenoxy) is 1. The number of nitrogens with one attached hydrogen (secondary N) is 1. The number of aromatic nitrogens is 1. The molecular weight excluding hydrogens is 312 g/mol. The quantitative estimate of drug-likeness (QED) is 0.702. The average molecular weight is 330 g/mol. The topological polar surface area (TPSA) is 34.1 Å². The average Bonchev–Trinajstić information content (AvgIpc) is 3.25. The minimum atomic E-state index is 0.222. The molecule has 0 radical (unpaired) electrons. The minimum Gasteiger partial charge on any atom is -0.496 e. The Balaban J connectivity index is 1.73. The van der Waals surface area contributed by atoms with Crippen molar-refractivity contribution in [2.24, 2.45) is 0 Å². The zero-order valence-corrected chi connectivity index (χ0v) is 14.0. The lowest BCUT2D eigenvalue weighted by Gasteiger charge is -2.17. The van der Waals surface area contributed by atoms with Crippen LogP contribution in [0.1, 0.15) is 22.2 Å². The number of nitrogens with zero attached hydrogens (tertiary/aromatic N) is 1. The van der Waals surface area contributed by atoms with Crippen LogP contribution >= 0.6 is 22.7 Å². The molecule has 0 saturated carbocycles. The number of hydrogen-bond donors (Lipinski definition) is 1. The van der Waals surface area contributed by atoms with E-state index in [2.05, 4.69) is 33.2 Å². The highest BCUT2D eigenvalue weighted by Crippen LogP contribution is 2.24. The fourth-order valence-electron chi connectivity index (χ4n) is 2.38. The van der Waals surface area contributed by atoms with Crippen LogP contribution in [0.5, 0.6) is 5.75 Å². The lowest BCUT2D eigenvalue weighted by Crippen LogP contribution is -2.23. The van der Waals surface area contributed by atoms with E-state index in [-0.39, 0.29) is 6.04 Å². The molecule has 1 atom stereocenters. The van der Waals surface area contributed by atoms with E-state index in [0.717, 1.165) is 29.3 Å².